The Kier molecular flexibility index (Phi) is 3.55. The van der Waals surface area contributed by atoms with Gasteiger partial charge in [-0.1, -0.05) is 0 Å². The van der Waals surface area contributed by atoms with Crippen LogP contribution >= 0.6 is 0 Å². The van der Waals surface area contributed by atoms with Crippen LogP contribution in [0.4, 0.5) is 9.18 Å². The van der Waals surface area contributed by atoms with Crippen LogP contribution in [-0.4, -0.2) is 50.6 Å². The van der Waals surface area contributed by atoms with E-state index in [1.54, 1.807) is 27.9 Å². The zero-order valence-electron chi connectivity index (χ0n) is 13.1. The van der Waals surface area contributed by atoms with Gasteiger partial charge in [0, 0.05) is 25.7 Å². The molecule has 0 aliphatic carbocycles. The highest BCUT2D eigenvalue weighted by atomic mass is 19.1. The van der Waals surface area contributed by atoms with E-state index in [0.29, 0.717) is 19.5 Å². The summed E-state index contributed by atoms with van der Waals surface area (Å²) in [5.74, 6) is -0.381. The summed E-state index contributed by atoms with van der Waals surface area (Å²) < 4.78 is 14.6. The highest BCUT2D eigenvalue weighted by Crippen LogP contribution is 2.27. The molecule has 4 rings (SSSR count). The van der Waals surface area contributed by atoms with E-state index in [2.05, 4.69) is 5.10 Å². The predicted molar refractivity (Wildman–Crippen MR) is 84.1 cm³/mol. The highest BCUT2D eigenvalue weighted by molar-refractivity contribution is 6.04. The van der Waals surface area contributed by atoms with E-state index in [1.807, 2.05) is 6.07 Å². The second-order valence-electron chi connectivity index (χ2n) is 6.10. The molecule has 124 valence electrons. The molecule has 2 aromatic rings. The molecule has 2 saturated heterocycles. The van der Waals surface area contributed by atoms with Gasteiger partial charge >= 0.3 is 6.03 Å². The molecule has 2 aliphatic heterocycles. The fourth-order valence-corrected chi connectivity index (χ4v) is 3.35. The number of carbonyl (C=O) groups excluding carboxylic acids is 2. The summed E-state index contributed by atoms with van der Waals surface area (Å²) in [6, 6.07) is 7.46. The molecule has 0 bridgehead atoms. The number of halogens is 1. The Morgan fingerprint density at radius 3 is 2.71 bits per heavy atom. The fourth-order valence-electron chi connectivity index (χ4n) is 3.35. The lowest BCUT2D eigenvalue weighted by Gasteiger charge is -2.14. The van der Waals surface area contributed by atoms with Crippen molar-refractivity contribution < 1.29 is 14.0 Å². The van der Waals surface area contributed by atoms with Crippen LogP contribution in [-0.2, 0) is 11.2 Å². The zero-order chi connectivity index (χ0) is 16.7. The lowest BCUT2D eigenvalue weighted by molar-refractivity contribution is -0.127. The van der Waals surface area contributed by atoms with E-state index < -0.39 is 0 Å². The van der Waals surface area contributed by atoms with Crippen LogP contribution in [0.1, 0.15) is 18.5 Å². The fraction of sp³-hybridized carbons (Fsp3) is 0.353. The largest absolute Gasteiger partial charge is 0.327 e. The Balaban J connectivity index is 1.43. The molecule has 3 amide bonds. The molecular formula is C17H17FN4O2. The Morgan fingerprint density at radius 2 is 1.96 bits per heavy atom. The van der Waals surface area contributed by atoms with Crippen LogP contribution in [0.3, 0.4) is 0 Å². The first-order valence-corrected chi connectivity index (χ1v) is 8.06. The van der Waals surface area contributed by atoms with Gasteiger partial charge in [-0.2, -0.15) is 5.10 Å². The SMILES string of the molecule is O=C1[C@H]2CCCN2C(=O)N1CCc1ccn(-c2ccc(F)cc2)n1. The molecule has 0 saturated carbocycles. The number of urea groups is 1. The van der Waals surface area contributed by atoms with Crippen LogP contribution in [0, 0.1) is 5.82 Å². The van der Waals surface area contributed by atoms with Gasteiger partial charge < -0.3 is 4.90 Å². The number of aromatic nitrogens is 2. The molecule has 0 radical (unpaired) electrons. The van der Waals surface area contributed by atoms with Crippen LogP contribution in [0.5, 0.6) is 0 Å². The van der Waals surface area contributed by atoms with Crippen molar-refractivity contribution >= 4 is 11.9 Å². The van der Waals surface area contributed by atoms with E-state index in [4.69, 9.17) is 0 Å². The van der Waals surface area contributed by atoms with E-state index in [-0.39, 0.29) is 23.8 Å². The Bertz CT molecular complexity index is 764. The molecule has 0 N–H and O–H groups in total. The summed E-state index contributed by atoms with van der Waals surface area (Å²) in [5.41, 5.74) is 1.55. The van der Waals surface area contributed by atoms with Gasteiger partial charge in [-0.25, -0.2) is 13.9 Å². The van der Waals surface area contributed by atoms with Crippen LogP contribution in [0.25, 0.3) is 5.69 Å². The second kappa shape index (κ2) is 5.74. The first kappa shape index (κ1) is 14.9. The molecule has 0 spiro atoms. The second-order valence-corrected chi connectivity index (χ2v) is 6.10. The van der Waals surface area contributed by atoms with Gasteiger partial charge in [0.2, 0.25) is 0 Å². The van der Waals surface area contributed by atoms with Crippen LogP contribution < -0.4 is 0 Å². The third kappa shape index (κ3) is 2.46. The number of benzene rings is 1. The van der Waals surface area contributed by atoms with E-state index >= 15 is 0 Å². The number of fused-ring (bicyclic) bond motifs is 1. The maximum absolute atomic E-state index is 13.0. The summed E-state index contributed by atoms with van der Waals surface area (Å²) >= 11 is 0. The molecule has 2 fully saturated rings. The standard InChI is InChI=1S/C17H17FN4O2/c18-12-3-5-14(6-4-12)22-11-8-13(19-22)7-10-21-16(23)15-2-1-9-20(15)17(21)24/h3-6,8,11,15H,1-2,7,9-10H2/t15-/m1/s1. The van der Waals surface area contributed by atoms with Gasteiger partial charge in [0.25, 0.3) is 5.91 Å². The first-order valence-electron chi connectivity index (χ1n) is 8.06. The lowest BCUT2D eigenvalue weighted by atomic mass is 10.2. The van der Waals surface area contributed by atoms with Gasteiger partial charge in [0.1, 0.15) is 11.9 Å². The molecule has 1 aromatic heterocycles. The van der Waals surface area contributed by atoms with Gasteiger partial charge in [-0.15, -0.1) is 0 Å². The van der Waals surface area contributed by atoms with Gasteiger partial charge in [-0.3, -0.25) is 9.69 Å². The Labute approximate surface area is 138 Å². The van der Waals surface area contributed by atoms with Crippen molar-refractivity contribution in [1.29, 1.82) is 0 Å². The van der Waals surface area contributed by atoms with E-state index in [9.17, 15) is 14.0 Å². The summed E-state index contributed by atoms with van der Waals surface area (Å²) in [4.78, 5) is 27.5. The minimum Gasteiger partial charge on any atom is -0.312 e. The molecular weight excluding hydrogens is 311 g/mol. The maximum atomic E-state index is 13.0. The minimum absolute atomic E-state index is 0.0875. The van der Waals surface area contributed by atoms with Crippen molar-refractivity contribution in [3.05, 3.63) is 48.0 Å². The van der Waals surface area contributed by atoms with Gasteiger partial charge in [0.15, 0.2) is 0 Å². The molecule has 1 atom stereocenters. The van der Waals surface area contributed by atoms with Crippen molar-refractivity contribution in [2.45, 2.75) is 25.3 Å². The smallest absolute Gasteiger partial charge is 0.312 e. The summed E-state index contributed by atoms with van der Waals surface area (Å²) in [6.07, 6.45) is 3.96. The number of amides is 3. The normalized spacial score (nSPS) is 20.1. The quantitative estimate of drug-likeness (QED) is 0.807. The third-order valence-corrected chi connectivity index (χ3v) is 4.61. The van der Waals surface area contributed by atoms with Gasteiger partial charge in [0.05, 0.1) is 11.4 Å². The topological polar surface area (TPSA) is 58.4 Å². The average molecular weight is 328 g/mol. The van der Waals surface area contributed by atoms with Crippen molar-refractivity contribution in [1.82, 2.24) is 19.6 Å². The Morgan fingerprint density at radius 1 is 1.17 bits per heavy atom. The maximum Gasteiger partial charge on any atom is 0.327 e. The molecule has 24 heavy (non-hydrogen) atoms. The lowest BCUT2D eigenvalue weighted by Crippen LogP contribution is -2.34. The summed E-state index contributed by atoms with van der Waals surface area (Å²) in [6.45, 7) is 1.01. The van der Waals surface area contributed by atoms with Crippen molar-refractivity contribution in [2.75, 3.05) is 13.1 Å². The monoisotopic (exact) mass is 328 g/mol. The highest BCUT2D eigenvalue weighted by Gasteiger charge is 2.46. The van der Waals surface area contributed by atoms with Crippen LogP contribution in [0.15, 0.2) is 36.5 Å². The number of nitrogens with zero attached hydrogens (tertiary/aromatic N) is 4. The molecule has 2 aliphatic rings. The number of hydrogen-bond acceptors (Lipinski definition) is 3. The summed E-state index contributed by atoms with van der Waals surface area (Å²) in [5, 5.41) is 4.42. The third-order valence-electron chi connectivity index (χ3n) is 4.61. The molecule has 7 heteroatoms. The predicted octanol–water partition coefficient (Wildman–Crippen LogP) is 1.98. The van der Waals surface area contributed by atoms with Gasteiger partial charge in [-0.05, 0) is 43.2 Å². The van der Waals surface area contributed by atoms with Crippen molar-refractivity contribution in [2.24, 2.45) is 0 Å². The number of imide groups is 1. The Hall–Kier alpha value is -2.70. The number of rotatable bonds is 4. The van der Waals surface area contributed by atoms with Crippen molar-refractivity contribution in [3.8, 4) is 5.69 Å². The van der Waals surface area contributed by atoms with E-state index in [0.717, 1.165) is 24.2 Å². The summed E-state index contributed by atoms with van der Waals surface area (Å²) in [7, 11) is 0. The molecule has 0 unspecified atom stereocenters. The molecule has 6 nitrogen and oxygen atoms in total. The number of carbonyl (C=O) groups is 2. The average Bonchev–Trinajstić information content (AvgIpc) is 3.28. The van der Waals surface area contributed by atoms with E-state index in [1.165, 1.54) is 17.0 Å². The molecule has 1 aromatic carbocycles. The first-order chi connectivity index (χ1) is 11.6. The number of hydrogen-bond donors (Lipinski definition) is 0. The zero-order valence-corrected chi connectivity index (χ0v) is 13.1. The molecule has 3 heterocycles. The minimum atomic E-state index is -0.294. The van der Waals surface area contributed by atoms with Crippen molar-refractivity contribution in [3.63, 3.8) is 0 Å². The van der Waals surface area contributed by atoms with Crippen LogP contribution in [0.2, 0.25) is 0 Å².